The van der Waals surface area contributed by atoms with Gasteiger partial charge in [-0.05, 0) is 30.2 Å². The van der Waals surface area contributed by atoms with E-state index in [-0.39, 0.29) is 29.4 Å². The van der Waals surface area contributed by atoms with E-state index in [2.05, 4.69) is 97.2 Å². The molecule has 0 radical (unpaired) electrons. The van der Waals surface area contributed by atoms with Crippen molar-refractivity contribution in [1.29, 1.82) is 0 Å². The Morgan fingerprint density at radius 2 is 1.88 bits per heavy atom. The first-order chi connectivity index (χ1) is 11.3. The molecule has 2 aromatic rings. The Kier molecular flexibility index (Phi) is 7.99. The van der Waals surface area contributed by atoms with Crippen molar-refractivity contribution in [2.24, 2.45) is 12.0 Å². The van der Waals surface area contributed by atoms with Crippen LogP contribution in [0.15, 0.2) is 47.6 Å². The smallest absolute Gasteiger partial charge is 0.193 e. The Morgan fingerprint density at radius 1 is 1.20 bits per heavy atom. The Bertz CT molecular complexity index is 703. The Hall–Kier alpha value is -1.50. The van der Waals surface area contributed by atoms with E-state index < -0.39 is 0 Å². The molecule has 138 valence electrons. The Balaban J connectivity index is 0.00000312. The fourth-order valence-corrected chi connectivity index (χ4v) is 3.09. The fraction of sp³-hybridized carbons (Fsp3) is 0.450. The van der Waals surface area contributed by atoms with Gasteiger partial charge in [0.2, 0.25) is 0 Å². The molecule has 25 heavy (non-hydrogen) atoms. The highest BCUT2D eigenvalue weighted by Crippen LogP contribution is 2.25. The van der Waals surface area contributed by atoms with Crippen LogP contribution in [0, 0.1) is 6.92 Å². The van der Waals surface area contributed by atoms with Crippen LogP contribution >= 0.6 is 24.0 Å². The maximum absolute atomic E-state index is 4.44. The molecule has 0 unspecified atom stereocenters. The molecule has 0 bridgehead atoms. The number of hydrogen-bond donors (Lipinski definition) is 1. The molecule has 1 aromatic carbocycles. The van der Waals surface area contributed by atoms with E-state index in [1.165, 1.54) is 16.8 Å². The predicted molar refractivity (Wildman–Crippen MR) is 118 cm³/mol. The van der Waals surface area contributed by atoms with E-state index in [0.717, 1.165) is 19.0 Å². The second-order valence-corrected chi connectivity index (χ2v) is 7.07. The lowest BCUT2D eigenvalue weighted by Gasteiger charge is -2.30. The first kappa shape index (κ1) is 21.5. The van der Waals surface area contributed by atoms with Crippen LogP contribution in [0.4, 0.5) is 0 Å². The van der Waals surface area contributed by atoms with Crippen LogP contribution in [-0.2, 0) is 19.0 Å². The van der Waals surface area contributed by atoms with Gasteiger partial charge in [0.15, 0.2) is 5.96 Å². The van der Waals surface area contributed by atoms with Gasteiger partial charge in [-0.2, -0.15) is 0 Å². The van der Waals surface area contributed by atoms with Crippen LogP contribution in [0.2, 0.25) is 0 Å². The van der Waals surface area contributed by atoms with Gasteiger partial charge in [0.1, 0.15) is 0 Å². The molecule has 0 amide bonds. The number of rotatable bonds is 5. The van der Waals surface area contributed by atoms with Crippen molar-refractivity contribution in [3.8, 4) is 0 Å². The van der Waals surface area contributed by atoms with Crippen molar-refractivity contribution in [3.05, 3.63) is 59.4 Å². The third-order valence-electron chi connectivity index (χ3n) is 4.59. The SMILES string of the molecule is CN=C(NCC(C)(C)c1ccccc1C)N(C)Cc1cccn1C.I. The summed E-state index contributed by atoms with van der Waals surface area (Å²) in [5.41, 5.74) is 4.00. The van der Waals surface area contributed by atoms with Gasteiger partial charge in [0.25, 0.3) is 0 Å². The minimum absolute atomic E-state index is 0. The molecule has 0 spiro atoms. The maximum Gasteiger partial charge on any atom is 0.193 e. The zero-order valence-electron chi connectivity index (χ0n) is 16.2. The van der Waals surface area contributed by atoms with Gasteiger partial charge >= 0.3 is 0 Å². The summed E-state index contributed by atoms with van der Waals surface area (Å²) in [4.78, 5) is 6.60. The van der Waals surface area contributed by atoms with Gasteiger partial charge in [-0.25, -0.2) is 0 Å². The summed E-state index contributed by atoms with van der Waals surface area (Å²) in [6.07, 6.45) is 2.07. The van der Waals surface area contributed by atoms with Crippen molar-refractivity contribution in [2.45, 2.75) is 32.7 Å². The maximum atomic E-state index is 4.44. The number of halogens is 1. The van der Waals surface area contributed by atoms with Crippen molar-refractivity contribution in [3.63, 3.8) is 0 Å². The second-order valence-electron chi connectivity index (χ2n) is 7.07. The molecule has 0 fully saturated rings. The lowest BCUT2D eigenvalue weighted by Crippen LogP contribution is -2.44. The van der Waals surface area contributed by atoms with E-state index in [1.54, 1.807) is 0 Å². The summed E-state index contributed by atoms with van der Waals surface area (Å²) in [7, 11) is 5.98. The first-order valence-electron chi connectivity index (χ1n) is 8.43. The normalized spacial score (nSPS) is 11.8. The molecule has 1 heterocycles. The molecule has 4 nitrogen and oxygen atoms in total. The van der Waals surface area contributed by atoms with Crippen LogP contribution < -0.4 is 5.32 Å². The average Bonchev–Trinajstić information content (AvgIpc) is 2.93. The monoisotopic (exact) mass is 454 g/mol. The van der Waals surface area contributed by atoms with Gasteiger partial charge in [0.05, 0.1) is 6.54 Å². The van der Waals surface area contributed by atoms with E-state index in [9.17, 15) is 0 Å². The van der Waals surface area contributed by atoms with Crippen molar-refractivity contribution in [2.75, 3.05) is 20.6 Å². The van der Waals surface area contributed by atoms with Crippen LogP contribution in [0.5, 0.6) is 0 Å². The second kappa shape index (κ2) is 9.27. The standard InChI is InChI=1S/C20H30N4.HI/c1-16-10-7-8-12-18(16)20(2,3)15-22-19(21-4)24(6)14-17-11-9-13-23(17)5;/h7-13H,14-15H2,1-6H3,(H,21,22);1H. The molecule has 0 aliphatic carbocycles. The van der Waals surface area contributed by atoms with Crippen LogP contribution in [0.25, 0.3) is 0 Å². The summed E-state index contributed by atoms with van der Waals surface area (Å²) in [6.45, 7) is 8.38. The summed E-state index contributed by atoms with van der Waals surface area (Å²) in [5.74, 6) is 0.915. The summed E-state index contributed by atoms with van der Waals surface area (Å²) in [6, 6.07) is 12.8. The van der Waals surface area contributed by atoms with E-state index in [0.29, 0.717) is 0 Å². The lowest BCUT2D eigenvalue weighted by molar-refractivity contribution is 0.439. The first-order valence-corrected chi connectivity index (χ1v) is 8.43. The van der Waals surface area contributed by atoms with Crippen LogP contribution in [-0.4, -0.2) is 36.1 Å². The van der Waals surface area contributed by atoms with Crippen LogP contribution in [0.3, 0.4) is 0 Å². The fourth-order valence-electron chi connectivity index (χ4n) is 3.09. The molecule has 0 saturated heterocycles. The number of nitrogens with zero attached hydrogens (tertiary/aromatic N) is 3. The molecule has 2 rings (SSSR count). The highest BCUT2D eigenvalue weighted by atomic mass is 127. The summed E-state index contributed by atoms with van der Waals surface area (Å²) >= 11 is 0. The number of benzene rings is 1. The zero-order chi connectivity index (χ0) is 17.7. The van der Waals surface area contributed by atoms with Gasteiger partial charge in [0, 0.05) is 45.0 Å². The third-order valence-corrected chi connectivity index (χ3v) is 4.59. The van der Waals surface area contributed by atoms with Crippen molar-refractivity contribution < 1.29 is 0 Å². The van der Waals surface area contributed by atoms with Crippen LogP contribution in [0.1, 0.15) is 30.7 Å². The molecular formula is C20H31IN4. The molecule has 0 atom stereocenters. The third kappa shape index (κ3) is 5.49. The summed E-state index contributed by atoms with van der Waals surface area (Å²) in [5, 5.41) is 3.53. The molecule has 0 saturated carbocycles. The van der Waals surface area contributed by atoms with E-state index >= 15 is 0 Å². The summed E-state index contributed by atoms with van der Waals surface area (Å²) < 4.78 is 2.14. The number of aliphatic imine (C=N–C) groups is 1. The molecule has 1 N–H and O–H groups in total. The van der Waals surface area contributed by atoms with Crippen molar-refractivity contribution >= 4 is 29.9 Å². The van der Waals surface area contributed by atoms with Gasteiger partial charge < -0.3 is 14.8 Å². The lowest BCUT2D eigenvalue weighted by atomic mass is 9.82. The molecule has 5 heteroatoms. The van der Waals surface area contributed by atoms with Gasteiger partial charge in [-0.3, -0.25) is 4.99 Å². The minimum Gasteiger partial charge on any atom is -0.355 e. The van der Waals surface area contributed by atoms with Gasteiger partial charge in [-0.1, -0.05) is 38.1 Å². The Labute approximate surface area is 169 Å². The highest BCUT2D eigenvalue weighted by Gasteiger charge is 2.23. The molecular weight excluding hydrogens is 423 g/mol. The molecule has 0 aliphatic rings. The molecule has 0 aliphatic heterocycles. The number of hydrogen-bond acceptors (Lipinski definition) is 1. The average molecular weight is 454 g/mol. The van der Waals surface area contributed by atoms with E-state index in [4.69, 9.17) is 0 Å². The molecule has 1 aromatic heterocycles. The quantitative estimate of drug-likeness (QED) is 0.422. The Morgan fingerprint density at radius 3 is 2.44 bits per heavy atom. The number of guanidine groups is 1. The van der Waals surface area contributed by atoms with Gasteiger partial charge in [-0.15, -0.1) is 24.0 Å². The zero-order valence-corrected chi connectivity index (χ0v) is 18.5. The number of nitrogens with one attached hydrogen (secondary N) is 1. The largest absolute Gasteiger partial charge is 0.355 e. The topological polar surface area (TPSA) is 32.6 Å². The van der Waals surface area contributed by atoms with Crippen molar-refractivity contribution in [1.82, 2.24) is 14.8 Å². The minimum atomic E-state index is 0. The van der Waals surface area contributed by atoms with E-state index in [1.807, 2.05) is 7.05 Å². The predicted octanol–water partition coefficient (Wildman–Crippen LogP) is 3.94. The number of aromatic nitrogens is 1. The number of aryl methyl sites for hydroxylation is 2. The highest BCUT2D eigenvalue weighted by molar-refractivity contribution is 14.0.